The minimum Gasteiger partial charge on any atom is -0.472 e. The summed E-state index contributed by atoms with van der Waals surface area (Å²) in [6.45, 7) is 0. The lowest BCUT2D eigenvalue weighted by atomic mass is 9.93. The summed E-state index contributed by atoms with van der Waals surface area (Å²) < 4.78 is 7.03. The van der Waals surface area contributed by atoms with Crippen molar-refractivity contribution in [1.29, 1.82) is 0 Å². The maximum absolute atomic E-state index is 9.69. The first-order chi connectivity index (χ1) is 13.8. The van der Waals surface area contributed by atoms with Crippen LogP contribution < -0.4 is 5.32 Å². The minimum absolute atomic E-state index is 0.162. The molecular weight excluding hydrogens is 354 g/mol. The SMILES string of the molecule is OC1CCC(Nc2ccc3ncc(-c4ccnc(-c5ccoc5)c4)n3n2)CC1. The molecule has 1 aliphatic carbocycles. The first kappa shape index (κ1) is 16.9. The Kier molecular flexibility index (Phi) is 4.29. The molecule has 5 rings (SSSR count). The Morgan fingerprint density at radius 1 is 1.04 bits per heavy atom. The summed E-state index contributed by atoms with van der Waals surface area (Å²) in [7, 11) is 0. The normalized spacial score (nSPS) is 19.8. The lowest BCUT2D eigenvalue weighted by Crippen LogP contribution is -2.28. The number of rotatable bonds is 4. The lowest BCUT2D eigenvalue weighted by molar-refractivity contribution is 0.126. The van der Waals surface area contributed by atoms with E-state index in [2.05, 4.69) is 15.3 Å². The van der Waals surface area contributed by atoms with Crippen LogP contribution in [0.2, 0.25) is 0 Å². The molecule has 7 heteroatoms. The Morgan fingerprint density at radius 2 is 1.93 bits per heavy atom. The molecule has 0 atom stereocenters. The number of pyridine rings is 1. The smallest absolute Gasteiger partial charge is 0.154 e. The summed E-state index contributed by atoms with van der Waals surface area (Å²) in [5.41, 5.74) is 4.47. The number of aliphatic hydroxyl groups excluding tert-OH is 1. The Labute approximate surface area is 162 Å². The van der Waals surface area contributed by atoms with Gasteiger partial charge < -0.3 is 14.8 Å². The molecule has 0 aromatic carbocycles. The molecule has 0 unspecified atom stereocenters. The van der Waals surface area contributed by atoms with Crippen LogP contribution in [0.1, 0.15) is 25.7 Å². The molecule has 2 N–H and O–H groups in total. The van der Waals surface area contributed by atoms with Crippen LogP contribution in [-0.4, -0.2) is 36.8 Å². The maximum atomic E-state index is 9.69. The molecule has 1 saturated carbocycles. The molecule has 4 aromatic heterocycles. The van der Waals surface area contributed by atoms with E-state index in [9.17, 15) is 5.11 Å². The van der Waals surface area contributed by atoms with Crippen molar-refractivity contribution in [3.8, 4) is 22.5 Å². The van der Waals surface area contributed by atoms with Crippen molar-refractivity contribution in [2.45, 2.75) is 37.8 Å². The fourth-order valence-corrected chi connectivity index (χ4v) is 3.73. The minimum atomic E-state index is -0.162. The largest absolute Gasteiger partial charge is 0.472 e. The Balaban J connectivity index is 1.46. The third-order valence-corrected chi connectivity index (χ3v) is 5.28. The molecule has 0 bridgehead atoms. The van der Waals surface area contributed by atoms with Crippen LogP contribution in [-0.2, 0) is 0 Å². The standard InChI is InChI=1S/C21H21N5O2/c27-17-3-1-16(2-4-17)24-20-5-6-21-23-12-19(26(21)25-20)14-7-9-22-18(11-14)15-8-10-28-13-15/h5-13,16-17,27H,1-4H2,(H,24,25). The predicted octanol–water partition coefficient (Wildman–Crippen LogP) is 3.77. The summed E-state index contributed by atoms with van der Waals surface area (Å²) in [6, 6.07) is 10.1. The van der Waals surface area contributed by atoms with E-state index in [-0.39, 0.29) is 6.10 Å². The monoisotopic (exact) mass is 375 g/mol. The van der Waals surface area contributed by atoms with E-state index in [1.54, 1.807) is 18.7 Å². The van der Waals surface area contributed by atoms with Crippen molar-refractivity contribution in [2.24, 2.45) is 0 Å². The molecule has 7 nitrogen and oxygen atoms in total. The van der Waals surface area contributed by atoms with Gasteiger partial charge >= 0.3 is 0 Å². The fourth-order valence-electron chi connectivity index (χ4n) is 3.73. The van der Waals surface area contributed by atoms with Crippen molar-refractivity contribution < 1.29 is 9.52 Å². The molecule has 4 heterocycles. The highest BCUT2D eigenvalue weighted by Crippen LogP contribution is 2.26. The van der Waals surface area contributed by atoms with Crippen molar-refractivity contribution in [3.63, 3.8) is 0 Å². The molecule has 28 heavy (non-hydrogen) atoms. The van der Waals surface area contributed by atoms with Crippen LogP contribution in [0.5, 0.6) is 0 Å². The zero-order chi connectivity index (χ0) is 18.9. The van der Waals surface area contributed by atoms with E-state index < -0.39 is 0 Å². The molecule has 0 saturated heterocycles. The summed E-state index contributed by atoms with van der Waals surface area (Å²) >= 11 is 0. The summed E-state index contributed by atoms with van der Waals surface area (Å²) in [5.74, 6) is 0.817. The zero-order valence-electron chi connectivity index (χ0n) is 15.3. The van der Waals surface area contributed by atoms with E-state index in [4.69, 9.17) is 9.52 Å². The zero-order valence-corrected chi connectivity index (χ0v) is 15.3. The molecule has 1 aliphatic rings. The van der Waals surface area contributed by atoms with Gasteiger partial charge in [-0.1, -0.05) is 0 Å². The second kappa shape index (κ2) is 7.09. The van der Waals surface area contributed by atoms with Crippen molar-refractivity contribution in [1.82, 2.24) is 19.6 Å². The van der Waals surface area contributed by atoms with Crippen molar-refractivity contribution in [2.75, 3.05) is 5.32 Å². The van der Waals surface area contributed by atoms with Crippen molar-refractivity contribution in [3.05, 3.63) is 55.3 Å². The molecule has 0 spiro atoms. The van der Waals surface area contributed by atoms with Gasteiger partial charge in [-0.3, -0.25) is 4.98 Å². The molecule has 0 amide bonds. The van der Waals surface area contributed by atoms with Gasteiger partial charge in [0, 0.05) is 23.4 Å². The highest BCUT2D eigenvalue weighted by molar-refractivity contribution is 5.69. The van der Waals surface area contributed by atoms with Gasteiger partial charge in [-0.25, -0.2) is 9.50 Å². The van der Waals surface area contributed by atoms with Crippen LogP contribution in [0.25, 0.3) is 28.2 Å². The van der Waals surface area contributed by atoms with E-state index in [1.807, 2.05) is 41.0 Å². The second-order valence-corrected chi connectivity index (χ2v) is 7.22. The Morgan fingerprint density at radius 3 is 2.75 bits per heavy atom. The maximum Gasteiger partial charge on any atom is 0.154 e. The number of aliphatic hydroxyl groups is 1. The van der Waals surface area contributed by atoms with Crippen LogP contribution in [0.3, 0.4) is 0 Å². The fraction of sp³-hybridized carbons (Fsp3) is 0.286. The van der Waals surface area contributed by atoms with Crippen LogP contribution in [0.4, 0.5) is 5.82 Å². The average Bonchev–Trinajstić information content (AvgIpc) is 3.40. The second-order valence-electron chi connectivity index (χ2n) is 7.22. The topological polar surface area (TPSA) is 88.5 Å². The number of hydrogen-bond donors (Lipinski definition) is 2. The third-order valence-electron chi connectivity index (χ3n) is 5.28. The summed E-state index contributed by atoms with van der Waals surface area (Å²) in [4.78, 5) is 8.92. The molecular formula is C21H21N5O2. The number of hydrogen-bond acceptors (Lipinski definition) is 6. The molecule has 0 radical (unpaired) electrons. The van der Waals surface area contributed by atoms with Crippen molar-refractivity contribution >= 4 is 11.5 Å². The van der Waals surface area contributed by atoms with Crippen LogP contribution in [0, 0.1) is 0 Å². The Bertz CT molecular complexity index is 1080. The summed E-state index contributed by atoms with van der Waals surface area (Å²) in [6.07, 6.45) is 10.4. The number of aromatic nitrogens is 4. The van der Waals surface area contributed by atoms with E-state index in [1.165, 1.54) is 0 Å². The lowest BCUT2D eigenvalue weighted by Gasteiger charge is -2.26. The summed E-state index contributed by atoms with van der Waals surface area (Å²) in [5, 5.41) is 18.0. The third kappa shape index (κ3) is 3.25. The van der Waals surface area contributed by atoms with Gasteiger partial charge in [-0.2, -0.15) is 0 Å². The molecule has 1 fully saturated rings. The highest BCUT2D eigenvalue weighted by atomic mass is 16.3. The Hall–Kier alpha value is -3.19. The quantitative estimate of drug-likeness (QED) is 0.564. The number of fused-ring (bicyclic) bond motifs is 1. The van der Waals surface area contributed by atoms with Crippen LogP contribution >= 0.6 is 0 Å². The van der Waals surface area contributed by atoms with E-state index in [0.717, 1.165) is 59.7 Å². The molecule has 142 valence electrons. The first-order valence-electron chi connectivity index (χ1n) is 9.55. The number of nitrogens with one attached hydrogen (secondary N) is 1. The van der Waals surface area contributed by atoms with Crippen LogP contribution in [0.15, 0.2) is 59.7 Å². The number of nitrogens with zero attached hydrogens (tertiary/aromatic N) is 4. The number of furan rings is 1. The first-order valence-corrected chi connectivity index (χ1v) is 9.55. The predicted molar refractivity (Wildman–Crippen MR) is 106 cm³/mol. The van der Waals surface area contributed by atoms with Gasteiger partial charge in [0.15, 0.2) is 5.65 Å². The number of imidazole rings is 1. The highest BCUT2D eigenvalue weighted by Gasteiger charge is 2.20. The number of anilines is 1. The molecule has 0 aliphatic heterocycles. The average molecular weight is 375 g/mol. The van der Waals surface area contributed by atoms with E-state index in [0.29, 0.717) is 6.04 Å². The van der Waals surface area contributed by atoms with Gasteiger partial charge in [-0.15, -0.1) is 5.10 Å². The van der Waals surface area contributed by atoms with Gasteiger partial charge in [0.1, 0.15) is 5.82 Å². The molecule has 4 aromatic rings. The van der Waals surface area contributed by atoms with Gasteiger partial charge in [0.25, 0.3) is 0 Å². The van der Waals surface area contributed by atoms with Gasteiger partial charge in [-0.05, 0) is 56.0 Å². The van der Waals surface area contributed by atoms with Gasteiger partial charge in [0.05, 0.1) is 36.2 Å². The van der Waals surface area contributed by atoms with Gasteiger partial charge in [0.2, 0.25) is 0 Å². The van der Waals surface area contributed by atoms with E-state index >= 15 is 0 Å².